The highest BCUT2D eigenvalue weighted by Crippen LogP contribution is 2.33. The largest absolute Gasteiger partial charge is 0.504 e. The highest BCUT2D eigenvalue weighted by Gasteiger charge is 2.21. The number of nitrogens with one attached hydrogen (secondary N) is 1. The molecule has 2 aromatic rings. The third-order valence-electron chi connectivity index (χ3n) is 2.88. The number of rotatable bonds is 5. The van der Waals surface area contributed by atoms with Crippen LogP contribution in [0.3, 0.4) is 0 Å². The number of benzene rings is 1. The number of halogens is 1. The first kappa shape index (κ1) is 17.5. The van der Waals surface area contributed by atoms with Crippen LogP contribution in [0.5, 0.6) is 17.4 Å². The summed E-state index contributed by atoms with van der Waals surface area (Å²) in [6, 6.07) is 3.00. The molecule has 0 aliphatic carbocycles. The lowest BCUT2D eigenvalue weighted by atomic mass is 10.2. The fourth-order valence-corrected chi connectivity index (χ4v) is 2.31. The minimum Gasteiger partial charge on any atom is -0.504 e. The summed E-state index contributed by atoms with van der Waals surface area (Å²) >= 11 is 3.27. The first-order valence-corrected chi connectivity index (χ1v) is 7.43. The molecule has 1 aromatic carbocycles. The molecule has 24 heavy (non-hydrogen) atoms. The molecule has 0 bridgehead atoms. The molecule has 0 unspecified atom stereocenters. The molecular formula is C14H12BrN3O6. The summed E-state index contributed by atoms with van der Waals surface area (Å²) in [5, 5.41) is 29.9. The van der Waals surface area contributed by atoms with Gasteiger partial charge in [-0.3, -0.25) is 14.9 Å². The van der Waals surface area contributed by atoms with Crippen LogP contribution in [0, 0.1) is 10.1 Å². The number of nitro groups is 1. The van der Waals surface area contributed by atoms with Gasteiger partial charge in [-0.05, 0) is 30.7 Å². The second-order valence-corrected chi connectivity index (χ2v) is 5.34. The number of aromatic hydroxyl groups is 2. The molecule has 0 saturated carbocycles. The summed E-state index contributed by atoms with van der Waals surface area (Å²) in [5.41, 5.74) is -1.49. The summed E-state index contributed by atoms with van der Waals surface area (Å²) in [6.07, 6.45) is 2.87. The molecule has 1 aromatic heterocycles. The van der Waals surface area contributed by atoms with Crippen LogP contribution in [-0.2, 0) is 0 Å². The van der Waals surface area contributed by atoms with Crippen molar-refractivity contribution in [2.75, 3.05) is 6.61 Å². The maximum atomic E-state index is 11.6. The second kappa shape index (κ2) is 7.13. The van der Waals surface area contributed by atoms with E-state index in [0.717, 1.165) is 0 Å². The zero-order valence-electron chi connectivity index (χ0n) is 12.3. The van der Waals surface area contributed by atoms with Crippen LogP contribution in [0.1, 0.15) is 18.3 Å². The Morgan fingerprint density at radius 2 is 2.12 bits per heavy atom. The summed E-state index contributed by atoms with van der Waals surface area (Å²) in [7, 11) is 0. The Balaban J connectivity index is 2.40. The van der Waals surface area contributed by atoms with Crippen molar-refractivity contribution in [3.05, 3.63) is 48.5 Å². The molecule has 0 aliphatic rings. The number of phenolic OH excluding ortho intramolecular Hbond substituents is 1. The number of aromatic amines is 1. The normalized spacial score (nSPS) is 10.9. The van der Waals surface area contributed by atoms with E-state index >= 15 is 0 Å². The van der Waals surface area contributed by atoms with Crippen molar-refractivity contribution in [3.63, 3.8) is 0 Å². The Morgan fingerprint density at radius 3 is 2.71 bits per heavy atom. The maximum absolute atomic E-state index is 11.6. The van der Waals surface area contributed by atoms with Gasteiger partial charge in [-0.1, -0.05) is 22.0 Å². The highest BCUT2D eigenvalue weighted by atomic mass is 79.9. The van der Waals surface area contributed by atoms with Gasteiger partial charge in [-0.2, -0.15) is 4.98 Å². The molecule has 0 fully saturated rings. The second-order valence-electron chi connectivity index (χ2n) is 4.49. The number of hydrogen-bond donors (Lipinski definition) is 3. The van der Waals surface area contributed by atoms with Gasteiger partial charge >= 0.3 is 11.2 Å². The molecule has 0 spiro atoms. The van der Waals surface area contributed by atoms with E-state index in [0.29, 0.717) is 16.6 Å². The van der Waals surface area contributed by atoms with Gasteiger partial charge in [-0.25, -0.2) is 0 Å². The fraction of sp³-hybridized carbons (Fsp3) is 0.143. The van der Waals surface area contributed by atoms with E-state index in [-0.39, 0.29) is 17.3 Å². The third kappa shape index (κ3) is 3.71. The Labute approximate surface area is 143 Å². The van der Waals surface area contributed by atoms with E-state index in [1.54, 1.807) is 13.0 Å². The molecule has 0 aliphatic heterocycles. The molecule has 0 atom stereocenters. The average molecular weight is 398 g/mol. The molecule has 2 rings (SSSR count). The Morgan fingerprint density at radius 1 is 1.42 bits per heavy atom. The fourth-order valence-electron chi connectivity index (χ4n) is 1.84. The zero-order chi connectivity index (χ0) is 17.9. The van der Waals surface area contributed by atoms with Crippen LogP contribution >= 0.6 is 15.9 Å². The van der Waals surface area contributed by atoms with Gasteiger partial charge in [0.2, 0.25) is 0 Å². The van der Waals surface area contributed by atoms with Crippen molar-refractivity contribution in [3.8, 4) is 17.4 Å². The van der Waals surface area contributed by atoms with Crippen molar-refractivity contribution in [1.82, 2.24) is 9.97 Å². The van der Waals surface area contributed by atoms with Gasteiger partial charge in [0.1, 0.15) is 5.82 Å². The summed E-state index contributed by atoms with van der Waals surface area (Å²) in [5.74, 6) is -0.807. The van der Waals surface area contributed by atoms with E-state index in [4.69, 9.17) is 4.74 Å². The minimum atomic E-state index is -1.06. The molecule has 3 N–H and O–H groups in total. The van der Waals surface area contributed by atoms with Crippen molar-refractivity contribution < 1.29 is 19.9 Å². The quantitative estimate of drug-likeness (QED) is 0.519. The van der Waals surface area contributed by atoms with Crippen molar-refractivity contribution >= 4 is 33.8 Å². The number of ether oxygens (including phenoxy) is 1. The van der Waals surface area contributed by atoms with Crippen LogP contribution in [0.2, 0.25) is 0 Å². The van der Waals surface area contributed by atoms with Crippen molar-refractivity contribution in [2.45, 2.75) is 6.92 Å². The lowest BCUT2D eigenvalue weighted by Crippen LogP contribution is -2.14. The third-order valence-corrected chi connectivity index (χ3v) is 3.56. The number of hydrogen-bond acceptors (Lipinski definition) is 7. The Hall–Kier alpha value is -2.88. The predicted molar refractivity (Wildman–Crippen MR) is 89.1 cm³/mol. The van der Waals surface area contributed by atoms with Gasteiger partial charge in [0.25, 0.3) is 5.88 Å². The summed E-state index contributed by atoms with van der Waals surface area (Å²) < 4.78 is 5.82. The molecule has 9 nitrogen and oxygen atoms in total. The van der Waals surface area contributed by atoms with E-state index < -0.39 is 22.0 Å². The average Bonchev–Trinajstić information content (AvgIpc) is 2.47. The predicted octanol–water partition coefficient (Wildman–Crippen LogP) is 2.42. The number of phenols is 1. The van der Waals surface area contributed by atoms with Crippen LogP contribution in [-0.4, -0.2) is 31.7 Å². The SMILES string of the molecule is CCOc1cc(/C=C/c2nc(O)c([N+](=O)[O-])c(=O)[nH]2)c(Br)cc1O. The molecule has 10 heteroatoms. The lowest BCUT2D eigenvalue weighted by molar-refractivity contribution is -0.387. The van der Waals surface area contributed by atoms with E-state index in [2.05, 4.69) is 25.9 Å². The Bertz CT molecular complexity index is 878. The van der Waals surface area contributed by atoms with Gasteiger partial charge < -0.3 is 19.9 Å². The van der Waals surface area contributed by atoms with E-state index in [1.165, 1.54) is 18.2 Å². The monoisotopic (exact) mass is 397 g/mol. The summed E-state index contributed by atoms with van der Waals surface area (Å²) in [4.78, 5) is 26.9. The standard InChI is InChI=1S/C14H12BrN3O6/c1-2-24-10-5-7(8(15)6-9(10)19)3-4-11-16-13(20)12(18(22)23)14(21)17-11/h3-6,19H,2H2,1H3,(H2,16,17,20,21)/b4-3+. The number of aromatic nitrogens is 2. The van der Waals surface area contributed by atoms with Crippen LogP contribution in [0.15, 0.2) is 21.4 Å². The molecule has 126 valence electrons. The van der Waals surface area contributed by atoms with Crippen LogP contribution < -0.4 is 10.3 Å². The van der Waals surface area contributed by atoms with E-state index in [9.17, 15) is 25.1 Å². The molecular weight excluding hydrogens is 386 g/mol. The number of nitrogens with zero attached hydrogens (tertiary/aromatic N) is 2. The lowest BCUT2D eigenvalue weighted by Gasteiger charge is -2.08. The van der Waals surface area contributed by atoms with Crippen LogP contribution in [0.4, 0.5) is 5.69 Å². The summed E-state index contributed by atoms with van der Waals surface area (Å²) in [6.45, 7) is 2.13. The Kier molecular flexibility index (Phi) is 5.19. The van der Waals surface area contributed by atoms with Crippen molar-refractivity contribution in [1.29, 1.82) is 0 Å². The van der Waals surface area contributed by atoms with Crippen LogP contribution in [0.25, 0.3) is 12.2 Å². The van der Waals surface area contributed by atoms with Gasteiger partial charge in [0.15, 0.2) is 11.5 Å². The molecule has 1 heterocycles. The first-order valence-electron chi connectivity index (χ1n) is 6.64. The molecule has 0 saturated heterocycles. The molecule has 0 amide bonds. The minimum absolute atomic E-state index is 0.0413. The van der Waals surface area contributed by atoms with Gasteiger partial charge in [0.05, 0.1) is 11.5 Å². The van der Waals surface area contributed by atoms with Gasteiger partial charge in [-0.15, -0.1) is 0 Å². The first-order chi connectivity index (χ1) is 11.3. The number of H-pyrrole nitrogens is 1. The zero-order valence-corrected chi connectivity index (χ0v) is 13.9. The topological polar surface area (TPSA) is 139 Å². The van der Waals surface area contributed by atoms with E-state index in [1.807, 2.05) is 0 Å². The highest BCUT2D eigenvalue weighted by molar-refractivity contribution is 9.10. The molecule has 0 radical (unpaired) electrons. The smallest absolute Gasteiger partial charge is 0.395 e. The van der Waals surface area contributed by atoms with Crippen molar-refractivity contribution in [2.24, 2.45) is 0 Å². The maximum Gasteiger partial charge on any atom is 0.395 e. The van der Waals surface area contributed by atoms with Gasteiger partial charge in [0, 0.05) is 4.47 Å².